The number of morpholine rings is 1. The zero-order valence-electron chi connectivity index (χ0n) is 16.8. The molecule has 0 radical (unpaired) electrons. The van der Waals surface area contributed by atoms with Crippen LogP contribution in [0.25, 0.3) is 5.57 Å². The largest absolute Gasteiger partial charge is 0.385 e. The fraction of sp³-hybridized carbons (Fsp3) is 0.348. The van der Waals surface area contributed by atoms with E-state index in [1.807, 2.05) is 30.3 Å². The molecule has 2 aromatic rings. The lowest BCUT2D eigenvalue weighted by molar-refractivity contribution is -0.110. The predicted octanol–water partition coefficient (Wildman–Crippen LogP) is 3.53. The Kier molecular flexibility index (Phi) is 6.12. The van der Waals surface area contributed by atoms with E-state index in [9.17, 15) is 4.79 Å². The third kappa shape index (κ3) is 4.78. The van der Waals surface area contributed by atoms with Crippen molar-refractivity contribution in [1.82, 2.24) is 4.90 Å². The summed E-state index contributed by atoms with van der Waals surface area (Å²) < 4.78 is 5.39. The van der Waals surface area contributed by atoms with E-state index in [-0.39, 0.29) is 5.91 Å². The first-order chi connectivity index (χ1) is 14.2. The summed E-state index contributed by atoms with van der Waals surface area (Å²) in [4.78, 5) is 14.6. The van der Waals surface area contributed by atoms with Gasteiger partial charge in [-0.2, -0.15) is 0 Å². The number of aryl methyl sites for hydroxylation is 1. The number of para-hydroxylation sites is 1. The smallest absolute Gasteiger partial charge is 0.257 e. The van der Waals surface area contributed by atoms with E-state index in [0.717, 1.165) is 68.4 Å². The number of benzene rings is 2. The Bertz CT molecular complexity index is 904. The molecule has 4 rings (SSSR count). The van der Waals surface area contributed by atoms with Gasteiger partial charge in [-0.05, 0) is 49.7 Å². The lowest BCUT2D eigenvalue weighted by Gasteiger charge is -2.26. The molecule has 6 nitrogen and oxygen atoms in total. The average molecular weight is 393 g/mol. The van der Waals surface area contributed by atoms with Crippen molar-refractivity contribution in [2.24, 2.45) is 0 Å². The third-order valence-corrected chi connectivity index (χ3v) is 5.39. The molecule has 1 fully saturated rings. The van der Waals surface area contributed by atoms with Crippen molar-refractivity contribution in [1.29, 1.82) is 0 Å². The molecule has 2 aromatic carbocycles. The molecule has 29 heavy (non-hydrogen) atoms. The minimum Gasteiger partial charge on any atom is -0.385 e. The van der Waals surface area contributed by atoms with Crippen LogP contribution in [0.4, 0.5) is 17.1 Å². The molecular weight excluding hydrogens is 364 g/mol. The van der Waals surface area contributed by atoms with Crippen LogP contribution in [-0.4, -0.2) is 50.2 Å². The van der Waals surface area contributed by atoms with Crippen LogP contribution in [0.15, 0.2) is 48.7 Å². The molecular formula is C23H28N4O2. The second-order valence-corrected chi connectivity index (χ2v) is 7.47. The molecule has 0 unspecified atom stereocenters. The minimum atomic E-state index is -0.0750. The highest BCUT2D eigenvalue weighted by Crippen LogP contribution is 2.31. The summed E-state index contributed by atoms with van der Waals surface area (Å²) >= 11 is 0. The van der Waals surface area contributed by atoms with E-state index < -0.39 is 0 Å². The molecule has 0 aliphatic carbocycles. The van der Waals surface area contributed by atoms with Crippen LogP contribution in [0.3, 0.4) is 0 Å². The number of anilines is 3. The molecule has 2 aliphatic heterocycles. The van der Waals surface area contributed by atoms with E-state index in [1.54, 1.807) is 6.20 Å². The summed E-state index contributed by atoms with van der Waals surface area (Å²) in [5, 5.41) is 9.69. The zero-order valence-corrected chi connectivity index (χ0v) is 16.8. The fourth-order valence-corrected chi connectivity index (χ4v) is 3.74. The van der Waals surface area contributed by atoms with Crippen LogP contribution in [-0.2, 0) is 9.53 Å². The van der Waals surface area contributed by atoms with E-state index in [2.05, 4.69) is 39.9 Å². The van der Waals surface area contributed by atoms with Crippen LogP contribution in [0.1, 0.15) is 17.5 Å². The van der Waals surface area contributed by atoms with Gasteiger partial charge >= 0.3 is 0 Å². The van der Waals surface area contributed by atoms with Gasteiger partial charge in [0.2, 0.25) is 0 Å². The van der Waals surface area contributed by atoms with Gasteiger partial charge in [0.1, 0.15) is 0 Å². The van der Waals surface area contributed by atoms with Gasteiger partial charge in [-0.3, -0.25) is 9.69 Å². The summed E-state index contributed by atoms with van der Waals surface area (Å²) in [6.45, 7) is 7.93. The maximum Gasteiger partial charge on any atom is 0.257 e. The highest BCUT2D eigenvalue weighted by atomic mass is 16.5. The molecule has 6 heteroatoms. The summed E-state index contributed by atoms with van der Waals surface area (Å²) in [5.74, 6) is -0.0750. The zero-order chi connectivity index (χ0) is 20.1. The normalized spacial score (nSPS) is 17.8. The highest BCUT2D eigenvalue weighted by molar-refractivity contribution is 6.31. The lowest BCUT2D eigenvalue weighted by Crippen LogP contribution is -2.37. The number of hydrogen-bond acceptors (Lipinski definition) is 5. The Morgan fingerprint density at radius 1 is 1.17 bits per heavy atom. The van der Waals surface area contributed by atoms with Crippen LogP contribution in [0.5, 0.6) is 0 Å². The second-order valence-electron chi connectivity index (χ2n) is 7.47. The Hall–Kier alpha value is -2.83. The summed E-state index contributed by atoms with van der Waals surface area (Å²) in [6, 6.07) is 14.0. The second kappa shape index (κ2) is 9.11. The molecule has 0 bridgehead atoms. The third-order valence-electron chi connectivity index (χ3n) is 5.39. The highest BCUT2D eigenvalue weighted by Gasteiger charge is 2.23. The number of ether oxygens (including phenoxy) is 1. The number of nitrogens with one attached hydrogen (secondary N) is 3. The molecule has 0 aromatic heterocycles. The molecule has 1 amide bonds. The van der Waals surface area contributed by atoms with Crippen LogP contribution < -0.4 is 16.0 Å². The number of amides is 1. The van der Waals surface area contributed by atoms with Gasteiger partial charge in [0, 0.05) is 48.5 Å². The first kappa shape index (κ1) is 19.5. The molecule has 0 saturated carbocycles. The number of carbonyl (C=O) groups excluding carboxylic acids is 1. The van der Waals surface area contributed by atoms with Gasteiger partial charge in [-0.15, -0.1) is 0 Å². The van der Waals surface area contributed by atoms with Crippen molar-refractivity contribution in [2.75, 3.05) is 55.3 Å². The Balaban J connectivity index is 1.31. The van der Waals surface area contributed by atoms with E-state index in [4.69, 9.17) is 4.74 Å². The summed E-state index contributed by atoms with van der Waals surface area (Å²) in [5.41, 5.74) is 5.73. The topological polar surface area (TPSA) is 65.6 Å². The van der Waals surface area contributed by atoms with E-state index >= 15 is 0 Å². The maximum atomic E-state index is 12.2. The van der Waals surface area contributed by atoms with Gasteiger partial charge < -0.3 is 20.7 Å². The molecule has 0 atom stereocenters. The van der Waals surface area contributed by atoms with Gasteiger partial charge in [0.25, 0.3) is 5.91 Å². The van der Waals surface area contributed by atoms with Crippen molar-refractivity contribution < 1.29 is 9.53 Å². The number of nitrogens with zero attached hydrogens (tertiary/aromatic N) is 1. The van der Waals surface area contributed by atoms with Crippen molar-refractivity contribution in [2.45, 2.75) is 13.3 Å². The lowest BCUT2D eigenvalue weighted by atomic mass is 10.1. The first-order valence-electron chi connectivity index (χ1n) is 10.2. The summed E-state index contributed by atoms with van der Waals surface area (Å²) in [6.07, 6.45) is 2.89. The number of carbonyl (C=O) groups is 1. The molecule has 2 heterocycles. The Morgan fingerprint density at radius 3 is 2.83 bits per heavy atom. The monoisotopic (exact) mass is 392 g/mol. The summed E-state index contributed by atoms with van der Waals surface area (Å²) in [7, 11) is 0. The van der Waals surface area contributed by atoms with Gasteiger partial charge in [0.05, 0.1) is 18.8 Å². The fourth-order valence-electron chi connectivity index (χ4n) is 3.74. The quantitative estimate of drug-likeness (QED) is 0.497. The van der Waals surface area contributed by atoms with Crippen molar-refractivity contribution in [3.63, 3.8) is 0 Å². The van der Waals surface area contributed by atoms with Crippen molar-refractivity contribution in [3.05, 3.63) is 59.8 Å². The Labute approximate surface area is 171 Å². The average Bonchev–Trinajstić information content (AvgIpc) is 3.06. The standard InChI is InChI=1S/C23H28N4O2/c1-17-15-18(25-16-20-19-5-2-3-6-22(19)26-23(20)28)7-8-21(17)24-9-4-10-27-11-13-29-14-12-27/h2-3,5-8,15-16,24-25H,4,9-14H2,1H3,(H,26,28)/b20-16-. The number of hydrogen-bond donors (Lipinski definition) is 3. The van der Waals surface area contributed by atoms with Gasteiger partial charge in [-0.1, -0.05) is 18.2 Å². The van der Waals surface area contributed by atoms with Crippen molar-refractivity contribution >= 4 is 28.5 Å². The molecule has 152 valence electrons. The molecule has 1 saturated heterocycles. The Morgan fingerprint density at radius 2 is 2.00 bits per heavy atom. The van der Waals surface area contributed by atoms with Crippen molar-refractivity contribution in [3.8, 4) is 0 Å². The minimum absolute atomic E-state index is 0.0750. The predicted molar refractivity (Wildman–Crippen MR) is 118 cm³/mol. The number of rotatable bonds is 7. The van der Waals surface area contributed by atoms with Gasteiger partial charge in [0.15, 0.2) is 0 Å². The molecule has 3 N–H and O–H groups in total. The number of fused-ring (bicyclic) bond motifs is 1. The van der Waals surface area contributed by atoms with Crippen LogP contribution >= 0.6 is 0 Å². The van der Waals surface area contributed by atoms with E-state index in [1.165, 1.54) is 5.56 Å². The first-order valence-corrected chi connectivity index (χ1v) is 10.2. The SMILES string of the molecule is Cc1cc(N/C=C2\C(=O)Nc3ccccc32)ccc1NCCCN1CCOCC1. The maximum absolute atomic E-state index is 12.2. The molecule has 0 spiro atoms. The van der Waals surface area contributed by atoms with E-state index in [0.29, 0.717) is 5.57 Å². The van der Waals surface area contributed by atoms with Gasteiger partial charge in [-0.25, -0.2) is 0 Å². The van der Waals surface area contributed by atoms with Crippen LogP contribution in [0, 0.1) is 6.92 Å². The van der Waals surface area contributed by atoms with Crippen LogP contribution in [0.2, 0.25) is 0 Å². The molecule has 2 aliphatic rings.